The number of carbonyl (C=O) groups excluding carboxylic acids is 2. The van der Waals surface area contributed by atoms with Gasteiger partial charge in [0.25, 0.3) is 5.91 Å². The fraction of sp³-hybridized carbons (Fsp3) is 0.692. The molecule has 2 aliphatic rings. The first-order valence-electron chi connectivity index (χ1n) is 12.5. The zero-order valence-corrected chi connectivity index (χ0v) is 21.3. The van der Waals surface area contributed by atoms with Gasteiger partial charge in [-0.25, -0.2) is 0 Å². The van der Waals surface area contributed by atoms with Gasteiger partial charge >= 0.3 is 0 Å². The lowest BCUT2D eigenvalue weighted by Gasteiger charge is -2.46. The van der Waals surface area contributed by atoms with E-state index in [-0.39, 0.29) is 36.3 Å². The van der Waals surface area contributed by atoms with Gasteiger partial charge in [0, 0.05) is 48.0 Å². The normalized spacial score (nSPS) is 24.1. The van der Waals surface area contributed by atoms with Crippen LogP contribution in [0.3, 0.4) is 0 Å². The van der Waals surface area contributed by atoms with Crippen LogP contribution in [0.1, 0.15) is 75.2 Å². The second kappa shape index (κ2) is 11.6. The third-order valence-electron chi connectivity index (χ3n) is 7.58. The number of aliphatic hydroxyl groups is 1. The number of aliphatic hydroxyl groups excluding tert-OH is 1. The van der Waals surface area contributed by atoms with Crippen molar-refractivity contribution < 1.29 is 14.7 Å². The number of piperidine rings is 1. The summed E-state index contributed by atoms with van der Waals surface area (Å²) >= 11 is 6.35. The quantitative estimate of drug-likeness (QED) is 0.582. The SMILES string of the molecule is CCN(CCO)c1cc(Cl)cc(C(=O)NCC2C(=O)N(C3CCCCC3)C(C)CC2C)c1C. The monoisotopic (exact) mass is 477 g/mol. The van der Waals surface area contributed by atoms with Crippen molar-refractivity contribution in [2.45, 2.75) is 78.3 Å². The number of halogens is 1. The molecule has 0 bridgehead atoms. The van der Waals surface area contributed by atoms with Crippen molar-refractivity contribution in [2.75, 3.05) is 31.1 Å². The van der Waals surface area contributed by atoms with Gasteiger partial charge in [-0.3, -0.25) is 9.59 Å². The van der Waals surface area contributed by atoms with Crippen molar-refractivity contribution in [3.8, 4) is 0 Å². The summed E-state index contributed by atoms with van der Waals surface area (Å²) in [7, 11) is 0. The van der Waals surface area contributed by atoms with Crippen LogP contribution in [-0.4, -0.2) is 60.1 Å². The summed E-state index contributed by atoms with van der Waals surface area (Å²) in [5.41, 5.74) is 2.19. The highest BCUT2D eigenvalue weighted by Crippen LogP contribution is 2.34. The highest BCUT2D eigenvalue weighted by atomic mass is 35.5. The third kappa shape index (κ3) is 5.83. The number of nitrogens with zero attached hydrogens (tertiary/aromatic N) is 2. The molecule has 1 aliphatic carbocycles. The molecule has 7 heteroatoms. The molecule has 6 nitrogen and oxygen atoms in total. The van der Waals surface area contributed by atoms with Gasteiger partial charge in [-0.2, -0.15) is 0 Å². The van der Waals surface area contributed by atoms with Crippen LogP contribution in [-0.2, 0) is 4.79 Å². The van der Waals surface area contributed by atoms with Crippen LogP contribution in [0.2, 0.25) is 5.02 Å². The summed E-state index contributed by atoms with van der Waals surface area (Å²) in [6.45, 7) is 9.74. The predicted molar refractivity (Wildman–Crippen MR) is 134 cm³/mol. The Morgan fingerprint density at radius 2 is 1.94 bits per heavy atom. The number of likely N-dealkylation sites (tertiary alicyclic amines) is 1. The van der Waals surface area contributed by atoms with Crippen LogP contribution in [0.15, 0.2) is 12.1 Å². The van der Waals surface area contributed by atoms with E-state index in [2.05, 4.69) is 24.1 Å². The lowest BCUT2D eigenvalue weighted by molar-refractivity contribution is -0.148. The first-order chi connectivity index (χ1) is 15.8. The van der Waals surface area contributed by atoms with Gasteiger partial charge in [0.15, 0.2) is 0 Å². The minimum absolute atomic E-state index is 0.0267. The molecule has 1 heterocycles. The molecule has 2 amide bonds. The molecule has 1 saturated carbocycles. The van der Waals surface area contributed by atoms with E-state index in [1.54, 1.807) is 6.07 Å². The van der Waals surface area contributed by atoms with Gasteiger partial charge < -0.3 is 20.2 Å². The molecule has 1 aromatic carbocycles. The Hall–Kier alpha value is -1.79. The van der Waals surface area contributed by atoms with E-state index in [1.165, 1.54) is 19.3 Å². The second-order valence-electron chi connectivity index (χ2n) is 9.82. The predicted octanol–water partition coefficient (Wildman–Crippen LogP) is 4.40. The van der Waals surface area contributed by atoms with E-state index in [0.29, 0.717) is 36.3 Å². The summed E-state index contributed by atoms with van der Waals surface area (Å²) in [5, 5.41) is 12.9. The fourth-order valence-corrected chi connectivity index (χ4v) is 5.96. The fourth-order valence-electron chi connectivity index (χ4n) is 5.75. The van der Waals surface area contributed by atoms with E-state index in [4.69, 9.17) is 11.6 Å². The maximum Gasteiger partial charge on any atom is 0.251 e. The van der Waals surface area contributed by atoms with Crippen LogP contribution in [0.25, 0.3) is 0 Å². The van der Waals surface area contributed by atoms with Gasteiger partial charge in [0.2, 0.25) is 5.91 Å². The van der Waals surface area contributed by atoms with E-state index in [1.807, 2.05) is 24.8 Å². The van der Waals surface area contributed by atoms with E-state index < -0.39 is 0 Å². The van der Waals surface area contributed by atoms with Crippen molar-refractivity contribution in [1.82, 2.24) is 10.2 Å². The van der Waals surface area contributed by atoms with Gasteiger partial charge in [0.05, 0.1) is 12.5 Å². The second-order valence-corrected chi connectivity index (χ2v) is 10.3. The van der Waals surface area contributed by atoms with Crippen LogP contribution in [0.4, 0.5) is 5.69 Å². The molecule has 3 unspecified atom stereocenters. The molecule has 3 atom stereocenters. The highest BCUT2D eigenvalue weighted by molar-refractivity contribution is 6.31. The van der Waals surface area contributed by atoms with E-state index in [0.717, 1.165) is 30.5 Å². The number of anilines is 1. The maximum absolute atomic E-state index is 13.5. The number of carbonyl (C=O) groups is 2. The minimum atomic E-state index is -0.209. The Balaban J connectivity index is 1.74. The first kappa shape index (κ1) is 25.8. The average Bonchev–Trinajstić information content (AvgIpc) is 2.79. The number of likely N-dealkylation sites (N-methyl/N-ethyl adjacent to an activating group) is 1. The smallest absolute Gasteiger partial charge is 0.251 e. The summed E-state index contributed by atoms with van der Waals surface area (Å²) in [6.07, 6.45) is 6.80. The number of rotatable bonds is 8. The molecule has 184 valence electrons. The zero-order valence-electron chi connectivity index (χ0n) is 20.6. The van der Waals surface area contributed by atoms with Gasteiger partial charge in [-0.05, 0) is 63.6 Å². The Labute approximate surface area is 203 Å². The Bertz CT molecular complexity index is 840. The number of benzene rings is 1. The molecule has 0 radical (unpaired) electrons. The lowest BCUT2D eigenvalue weighted by Crippen LogP contribution is -2.56. The van der Waals surface area contributed by atoms with Crippen molar-refractivity contribution >= 4 is 29.1 Å². The van der Waals surface area contributed by atoms with Crippen molar-refractivity contribution in [1.29, 1.82) is 0 Å². The zero-order chi connectivity index (χ0) is 24.1. The van der Waals surface area contributed by atoms with Crippen LogP contribution in [0.5, 0.6) is 0 Å². The van der Waals surface area contributed by atoms with Crippen molar-refractivity contribution in [2.24, 2.45) is 11.8 Å². The lowest BCUT2D eigenvalue weighted by atomic mass is 9.80. The molecular weight excluding hydrogens is 438 g/mol. The molecular formula is C26H40ClN3O3. The molecule has 1 aliphatic heterocycles. The highest BCUT2D eigenvalue weighted by Gasteiger charge is 2.41. The first-order valence-corrected chi connectivity index (χ1v) is 12.9. The van der Waals surface area contributed by atoms with Crippen molar-refractivity contribution in [3.05, 3.63) is 28.3 Å². The molecule has 2 fully saturated rings. The largest absolute Gasteiger partial charge is 0.395 e. The summed E-state index contributed by atoms with van der Waals surface area (Å²) in [5.74, 6) is 0.00700. The van der Waals surface area contributed by atoms with E-state index in [9.17, 15) is 14.7 Å². The molecule has 0 spiro atoms. The molecule has 0 aromatic heterocycles. The Kier molecular flexibility index (Phi) is 9.05. The van der Waals surface area contributed by atoms with Crippen LogP contribution < -0.4 is 10.2 Å². The summed E-state index contributed by atoms with van der Waals surface area (Å²) < 4.78 is 0. The standard InChI is InChI=1S/C26H40ClN3O3/c1-5-29(11-12-31)24-15-20(27)14-22(19(24)4)25(32)28-16-23-17(2)13-18(3)30(26(23)33)21-9-7-6-8-10-21/h14-15,17-18,21,23,31H,5-13,16H2,1-4H3,(H,28,32). The third-order valence-corrected chi connectivity index (χ3v) is 7.80. The van der Waals surface area contributed by atoms with Gasteiger partial charge in [-0.1, -0.05) is 37.8 Å². The Morgan fingerprint density at radius 3 is 2.58 bits per heavy atom. The van der Waals surface area contributed by atoms with Crippen LogP contribution in [0, 0.1) is 18.8 Å². The Morgan fingerprint density at radius 1 is 1.24 bits per heavy atom. The van der Waals surface area contributed by atoms with Gasteiger partial charge in [-0.15, -0.1) is 0 Å². The summed E-state index contributed by atoms with van der Waals surface area (Å²) in [6, 6.07) is 4.12. The van der Waals surface area contributed by atoms with Gasteiger partial charge in [0.1, 0.15) is 0 Å². The summed E-state index contributed by atoms with van der Waals surface area (Å²) in [4.78, 5) is 30.8. The number of nitrogens with one attached hydrogen (secondary N) is 1. The molecule has 1 saturated heterocycles. The van der Waals surface area contributed by atoms with Crippen molar-refractivity contribution in [3.63, 3.8) is 0 Å². The van der Waals surface area contributed by atoms with Crippen LogP contribution >= 0.6 is 11.6 Å². The maximum atomic E-state index is 13.5. The molecule has 1 aromatic rings. The molecule has 2 N–H and O–H groups in total. The molecule has 3 rings (SSSR count). The average molecular weight is 478 g/mol. The number of hydrogen-bond acceptors (Lipinski definition) is 4. The number of amides is 2. The number of hydrogen-bond donors (Lipinski definition) is 2. The van der Waals surface area contributed by atoms with E-state index >= 15 is 0 Å². The topological polar surface area (TPSA) is 72.9 Å². The molecule has 33 heavy (non-hydrogen) atoms. The minimum Gasteiger partial charge on any atom is -0.395 e.